The van der Waals surface area contributed by atoms with Gasteiger partial charge in [0.25, 0.3) is 0 Å². The number of pyridine rings is 1. The van der Waals surface area contributed by atoms with Gasteiger partial charge in [0, 0.05) is 29.9 Å². The Labute approximate surface area is 127 Å². The smallest absolute Gasteiger partial charge is 0.164 e. The normalized spacial score (nSPS) is 14.1. The predicted octanol–water partition coefficient (Wildman–Crippen LogP) is 3.67. The van der Waals surface area contributed by atoms with Gasteiger partial charge in [-0.25, -0.2) is 9.97 Å². The van der Waals surface area contributed by atoms with Gasteiger partial charge in [0.2, 0.25) is 0 Å². The van der Waals surface area contributed by atoms with Crippen molar-refractivity contribution in [1.29, 1.82) is 0 Å². The Morgan fingerprint density at radius 3 is 2.90 bits per heavy atom. The van der Waals surface area contributed by atoms with Crippen molar-refractivity contribution in [3.8, 4) is 11.4 Å². The van der Waals surface area contributed by atoms with E-state index < -0.39 is 0 Å². The minimum atomic E-state index is 0.749. The molecule has 106 valence electrons. The maximum absolute atomic E-state index is 4.79. The van der Waals surface area contributed by atoms with Gasteiger partial charge in [-0.2, -0.15) is 0 Å². The largest absolute Gasteiger partial charge is 0.372 e. The van der Waals surface area contributed by atoms with Crippen LogP contribution in [0, 0.1) is 0 Å². The summed E-state index contributed by atoms with van der Waals surface area (Å²) in [6, 6.07) is 3.92. The Morgan fingerprint density at radius 1 is 1.19 bits per heavy atom. The van der Waals surface area contributed by atoms with Crippen LogP contribution in [0.1, 0.15) is 23.3 Å². The number of nitrogens with zero attached hydrogens (tertiary/aromatic N) is 3. The van der Waals surface area contributed by atoms with Gasteiger partial charge in [-0.05, 0) is 43.4 Å². The van der Waals surface area contributed by atoms with E-state index in [1.165, 1.54) is 35.1 Å². The number of nitrogens with one attached hydrogen (secondary N) is 1. The van der Waals surface area contributed by atoms with E-state index in [-0.39, 0.29) is 0 Å². The minimum Gasteiger partial charge on any atom is -0.372 e. The molecule has 0 spiro atoms. The Balaban J connectivity index is 1.96. The highest BCUT2D eigenvalue weighted by atomic mass is 32.1. The molecule has 3 aromatic rings. The maximum Gasteiger partial charge on any atom is 0.164 e. The molecule has 0 atom stereocenters. The number of hydrogen-bond acceptors (Lipinski definition) is 5. The summed E-state index contributed by atoms with van der Waals surface area (Å²) in [4.78, 5) is 16.3. The molecule has 0 radical (unpaired) electrons. The summed E-state index contributed by atoms with van der Waals surface area (Å²) in [5.41, 5.74) is 2.42. The molecule has 4 nitrogen and oxygen atoms in total. The zero-order valence-corrected chi connectivity index (χ0v) is 12.7. The fraction of sp³-hybridized carbons (Fsp3) is 0.312. The van der Waals surface area contributed by atoms with E-state index in [1.807, 2.05) is 36.7 Å². The van der Waals surface area contributed by atoms with Crippen molar-refractivity contribution in [2.45, 2.75) is 25.7 Å². The molecule has 0 unspecified atom stereocenters. The summed E-state index contributed by atoms with van der Waals surface area (Å²) < 4.78 is 0. The van der Waals surface area contributed by atoms with Crippen molar-refractivity contribution in [1.82, 2.24) is 15.0 Å². The maximum atomic E-state index is 4.79. The molecule has 0 aromatic carbocycles. The molecule has 5 heteroatoms. The van der Waals surface area contributed by atoms with Crippen molar-refractivity contribution in [3.63, 3.8) is 0 Å². The summed E-state index contributed by atoms with van der Waals surface area (Å²) in [6.07, 6.45) is 8.48. The number of hydrogen-bond donors (Lipinski definition) is 1. The monoisotopic (exact) mass is 296 g/mol. The van der Waals surface area contributed by atoms with E-state index in [2.05, 4.69) is 10.3 Å². The van der Waals surface area contributed by atoms with Gasteiger partial charge in [0.1, 0.15) is 10.6 Å². The first-order valence-corrected chi connectivity index (χ1v) is 8.09. The summed E-state index contributed by atoms with van der Waals surface area (Å²) in [5, 5.41) is 4.48. The van der Waals surface area contributed by atoms with Crippen LogP contribution in [0.15, 0.2) is 24.5 Å². The predicted molar refractivity (Wildman–Crippen MR) is 86.8 cm³/mol. The molecular formula is C16H16N4S. The average molecular weight is 296 g/mol. The van der Waals surface area contributed by atoms with Crippen LogP contribution in [0.5, 0.6) is 0 Å². The second-order valence-electron chi connectivity index (χ2n) is 5.28. The van der Waals surface area contributed by atoms with E-state index in [0.29, 0.717) is 0 Å². The Bertz CT molecular complexity index is 795. The summed E-state index contributed by atoms with van der Waals surface area (Å²) in [7, 11) is 1.93. The molecule has 1 aliphatic rings. The number of aromatic nitrogens is 3. The van der Waals surface area contributed by atoms with Crippen LogP contribution >= 0.6 is 11.3 Å². The van der Waals surface area contributed by atoms with Crippen LogP contribution in [0.4, 0.5) is 5.82 Å². The Hall–Kier alpha value is -2.01. The summed E-state index contributed by atoms with van der Waals surface area (Å²) in [5.74, 6) is 1.69. The van der Waals surface area contributed by atoms with E-state index in [4.69, 9.17) is 9.97 Å². The fourth-order valence-electron chi connectivity index (χ4n) is 2.96. The van der Waals surface area contributed by atoms with Crippen molar-refractivity contribution in [2.75, 3.05) is 12.4 Å². The third kappa shape index (κ3) is 2.08. The molecule has 0 aliphatic heterocycles. The van der Waals surface area contributed by atoms with E-state index in [0.717, 1.165) is 28.5 Å². The van der Waals surface area contributed by atoms with Gasteiger partial charge in [0.15, 0.2) is 5.82 Å². The molecule has 0 bridgehead atoms. The van der Waals surface area contributed by atoms with Crippen LogP contribution in [-0.2, 0) is 12.8 Å². The number of aryl methyl sites for hydroxylation is 2. The summed E-state index contributed by atoms with van der Waals surface area (Å²) in [6.45, 7) is 0. The van der Waals surface area contributed by atoms with Gasteiger partial charge in [-0.1, -0.05) is 0 Å². The van der Waals surface area contributed by atoms with Crippen molar-refractivity contribution < 1.29 is 0 Å². The molecule has 4 rings (SSSR count). The molecule has 21 heavy (non-hydrogen) atoms. The zero-order chi connectivity index (χ0) is 14.2. The highest BCUT2D eigenvalue weighted by molar-refractivity contribution is 7.19. The van der Waals surface area contributed by atoms with Crippen molar-refractivity contribution >= 4 is 27.4 Å². The van der Waals surface area contributed by atoms with Crippen LogP contribution in [0.25, 0.3) is 21.6 Å². The van der Waals surface area contributed by atoms with Gasteiger partial charge < -0.3 is 5.32 Å². The van der Waals surface area contributed by atoms with Crippen molar-refractivity contribution in [2.24, 2.45) is 0 Å². The van der Waals surface area contributed by atoms with E-state index >= 15 is 0 Å². The van der Waals surface area contributed by atoms with Gasteiger partial charge in [-0.3, -0.25) is 4.98 Å². The molecule has 3 heterocycles. The lowest BCUT2D eigenvalue weighted by Crippen LogP contribution is -2.02. The zero-order valence-electron chi connectivity index (χ0n) is 11.9. The van der Waals surface area contributed by atoms with Gasteiger partial charge in [-0.15, -0.1) is 11.3 Å². The SMILES string of the molecule is CNc1nc(-c2cccnc2)nc2sc3c(c12)CCCC3. The first-order chi connectivity index (χ1) is 10.4. The standard InChI is InChI=1S/C16H16N4S/c1-17-15-13-11-6-2-3-7-12(11)21-16(13)20-14(19-15)10-5-4-8-18-9-10/h4-5,8-9H,2-3,6-7H2,1H3,(H,17,19,20). The van der Waals surface area contributed by atoms with Crippen molar-refractivity contribution in [3.05, 3.63) is 35.0 Å². The minimum absolute atomic E-state index is 0.749. The highest BCUT2D eigenvalue weighted by Gasteiger charge is 2.20. The second-order valence-corrected chi connectivity index (χ2v) is 6.36. The first kappa shape index (κ1) is 12.7. The summed E-state index contributed by atoms with van der Waals surface area (Å²) >= 11 is 1.83. The van der Waals surface area contributed by atoms with E-state index in [9.17, 15) is 0 Å². The molecular weight excluding hydrogens is 280 g/mol. The molecule has 0 saturated heterocycles. The third-order valence-electron chi connectivity index (χ3n) is 3.97. The highest BCUT2D eigenvalue weighted by Crippen LogP contribution is 2.39. The fourth-order valence-corrected chi connectivity index (χ4v) is 4.22. The Morgan fingerprint density at radius 2 is 2.10 bits per heavy atom. The third-order valence-corrected chi connectivity index (χ3v) is 5.16. The van der Waals surface area contributed by atoms with E-state index in [1.54, 1.807) is 6.20 Å². The molecule has 1 aliphatic carbocycles. The topological polar surface area (TPSA) is 50.7 Å². The Kier molecular flexibility index (Phi) is 3.07. The molecule has 0 fully saturated rings. The second kappa shape index (κ2) is 5.07. The lowest BCUT2D eigenvalue weighted by Gasteiger charge is -2.12. The van der Waals surface area contributed by atoms with Crippen LogP contribution in [-0.4, -0.2) is 22.0 Å². The molecule has 1 N–H and O–H groups in total. The van der Waals surface area contributed by atoms with Gasteiger partial charge in [0.05, 0.1) is 5.39 Å². The van der Waals surface area contributed by atoms with Gasteiger partial charge >= 0.3 is 0 Å². The van der Waals surface area contributed by atoms with Crippen LogP contribution in [0.2, 0.25) is 0 Å². The van der Waals surface area contributed by atoms with Crippen LogP contribution in [0.3, 0.4) is 0 Å². The lowest BCUT2D eigenvalue weighted by atomic mass is 9.97. The molecule has 0 amide bonds. The first-order valence-electron chi connectivity index (χ1n) is 7.27. The number of rotatable bonds is 2. The molecule has 0 saturated carbocycles. The molecule has 3 aromatic heterocycles. The lowest BCUT2D eigenvalue weighted by molar-refractivity contribution is 0.700. The quantitative estimate of drug-likeness (QED) is 0.784. The van der Waals surface area contributed by atoms with Crippen LogP contribution < -0.4 is 5.32 Å². The average Bonchev–Trinajstić information content (AvgIpc) is 2.93. The number of fused-ring (bicyclic) bond motifs is 3. The number of anilines is 1. The number of thiophene rings is 1.